The van der Waals surface area contributed by atoms with Crippen LogP contribution in [0.25, 0.3) is 0 Å². The van der Waals surface area contributed by atoms with E-state index in [1.165, 1.54) is 0 Å². The van der Waals surface area contributed by atoms with Crippen LogP contribution in [0.4, 0.5) is 0 Å². The highest BCUT2D eigenvalue weighted by Gasteiger charge is 2.21. The summed E-state index contributed by atoms with van der Waals surface area (Å²) >= 11 is 0. The number of likely N-dealkylation sites (N-methyl/N-ethyl adjacent to an activating group) is 1. The fourth-order valence-electron chi connectivity index (χ4n) is 1.65. The molecule has 1 aromatic carbocycles. The molecule has 3 N–H and O–H groups in total. The van der Waals surface area contributed by atoms with Gasteiger partial charge in [-0.2, -0.15) is 0 Å². The van der Waals surface area contributed by atoms with Crippen molar-refractivity contribution in [2.75, 3.05) is 20.1 Å². The third-order valence-electron chi connectivity index (χ3n) is 2.42. The number of benzene rings is 1. The van der Waals surface area contributed by atoms with Crippen molar-refractivity contribution in [1.29, 1.82) is 0 Å². The van der Waals surface area contributed by atoms with Crippen LogP contribution in [0.15, 0.2) is 30.3 Å². The number of carbonyl (C=O) groups excluding carboxylic acids is 1. The summed E-state index contributed by atoms with van der Waals surface area (Å²) in [5.74, 6) is -2.03. The van der Waals surface area contributed by atoms with Crippen molar-refractivity contribution in [2.24, 2.45) is 5.73 Å². The van der Waals surface area contributed by atoms with Gasteiger partial charge < -0.3 is 10.8 Å². The summed E-state index contributed by atoms with van der Waals surface area (Å²) in [7, 11) is 1.67. The number of carboxylic acids is 1. The second-order valence-electron chi connectivity index (χ2n) is 3.96. The maximum Gasteiger partial charge on any atom is 0.312 e. The fourth-order valence-corrected chi connectivity index (χ4v) is 1.65. The van der Waals surface area contributed by atoms with Crippen LogP contribution in [0.3, 0.4) is 0 Å². The molecule has 1 atom stereocenters. The van der Waals surface area contributed by atoms with Crippen molar-refractivity contribution in [2.45, 2.75) is 5.92 Å². The lowest BCUT2D eigenvalue weighted by molar-refractivity contribution is -0.139. The smallest absolute Gasteiger partial charge is 0.312 e. The standard InChI is InChI=1S/C12H16N2O3/c1-14(8-11(13)15)7-10(12(16)17)9-5-3-2-4-6-9/h2-6,10H,7-8H2,1H3,(H2,13,15)(H,16,17). The number of aliphatic carboxylic acids is 1. The number of hydrogen-bond acceptors (Lipinski definition) is 3. The second-order valence-corrected chi connectivity index (χ2v) is 3.96. The lowest BCUT2D eigenvalue weighted by Gasteiger charge is -2.20. The molecule has 1 rings (SSSR count). The van der Waals surface area contributed by atoms with Gasteiger partial charge in [0, 0.05) is 6.54 Å². The summed E-state index contributed by atoms with van der Waals surface area (Å²) in [5, 5.41) is 9.17. The molecule has 0 bridgehead atoms. The number of carboxylic acid groups (broad SMARTS) is 1. The van der Waals surface area contributed by atoms with Crippen LogP contribution in [0, 0.1) is 0 Å². The van der Waals surface area contributed by atoms with Crippen molar-refractivity contribution in [1.82, 2.24) is 4.90 Å². The third kappa shape index (κ3) is 4.24. The van der Waals surface area contributed by atoms with Gasteiger partial charge in [-0.3, -0.25) is 14.5 Å². The first kappa shape index (κ1) is 13.2. The van der Waals surface area contributed by atoms with E-state index < -0.39 is 17.8 Å². The third-order valence-corrected chi connectivity index (χ3v) is 2.42. The van der Waals surface area contributed by atoms with Gasteiger partial charge >= 0.3 is 5.97 Å². The maximum absolute atomic E-state index is 11.2. The Morgan fingerprint density at radius 3 is 2.41 bits per heavy atom. The Labute approximate surface area is 99.8 Å². The predicted octanol–water partition coefficient (Wildman–Crippen LogP) is 0.272. The van der Waals surface area contributed by atoms with E-state index in [1.54, 1.807) is 36.2 Å². The van der Waals surface area contributed by atoms with E-state index >= 15 is 0 Å². The number of rotatable bonds is 6. The van der Waals surface area contributed by atoms with Crippen molar-refractivity contribution in [3.05, 3.63) is 35.9 Å². The summed E-state index contributed by atoms with van der Waals surface area (Å²) in [4.78, 5) is 23.5. The van der Waals surface area contributed by atoms with Gasteiger partial charge in [0.05, 0.1) is 12.5 Å². The van der Waals surface area contributed by atoms with Gasteiger partial charge in [0.1, 0.15) is 0 Å². The van der Waals surface area contributed by atoms with Gasteiger partial charge in [-0.1, -0.05) is 30.3 Å². The molecule has 17 heavy (non-hydrogen) atoms. The molecule has 0 aliphatic carbocycles. The summed E-state index contributed by atoms with van der Waals surface area (Å²) < 4.78 is 0. The van der Waals surface area contributed by atoms with Gasteiger partial charge in [0.2, 0.25) is 5.91 Å². The Balaban J connectivity index is 2.74. The van der Waals surface area contributed by atoms with Crippen LogP contribution >= 0.6 is 0 Å². The highest BCUT2D eigenvalue weighted by Crippen LogP contribution is 2.16. The number of primary amides is 1. The summed E-state index contributed by atoms with van der Waals surface area (Å²) in [6.45, 7) is 0.304. The van der Waals surface area contributed by atoms with Crippen LogP contribution in [0.2, 0.25) is 0 Å². The average Bonchev–Trinajstić information content (AvgIpc) is 2.25. The van der Waals surface area contributed by atoms with Crippen molar-refractivity contribution in [3.8, 4) is 0 Å². The molecule has 0 saturated carbocycles. The minimum absolute atomic E-state index is 0.0522. The highest BCUT2D eigenvalue weighted by molar-refractivity contribution is 5.77. The summed E-state index contributed by atoms with van der Waals surface area (Å²) in [6, 6.07) is 8.93. The molecule has 0 heterocycles. The molecular weight excluding hydrogens is 220 g/mol. The summed E-state index contributed by atoms with van der Waals surface area (Å²) in [6.07, 6.45) is 0. The molecule has 0 aliphatic rings. The number of amides is 1. The normalized spacial score (nSPS) is 12.4. The zero-order chi connectivity index (χ0) is 12.8. The average molecular weight is 236 g/mol. The van der Waals surface area contributed by atoms with E-state index in [2.05, 4.69) is 0 Å². The van der Waals surface area contributed by atoms with Gasteiger partial charge in [-0.05, 0) is 12.6 Å². The van der Waals surface area contributed by atoms with Gasteiger partial charge in [-0.15, -0.1) is 0 Å². The second kappa shape index (κ2) is 6.00. The molecule has 0 radical (unpaired) electrons. The molecule has 92 valence electrons. The Morgan fingerprint density at radius 1 is 1.35 bits per heavy atom. The minimum atomic E-state index is -0.910. The predicted molar refractivity (Wildman–Crippen MR) is 63.5 cm³/mol. The first-order valence-electron chi connectivity index (χ1n) is 5.25. The van der Waals surface area contributed by atoms with Gasteiger partial charge in [0.15, 0.2) is 0 Å². The number of nitrogens with two attached hydrogens (primary N) is 1. The largest absolute Gasteiger partial charge is 0.481 e. The Bertz CT molecular complexity index is 392. The first-order chi connectivity index (χ1) is 8.00. The minimum Gasteiger partial charge on any atom is -0.481 e. The SMILES string of the molecule is CN(CC(N)=O)CC(C(=O)O)c1ccccc1. The molecule has 1 unspecified atom stereocenters. The first-order valence-corrected chi connectivity index (χ1v) is 5.25. The van der Waals surface area contributed by atoms with E-state index in [9.17, 15) is 9.59 Å². The Hall–Kier alpha value is -1.88. The highest BCUT2D eigenvalue weighted by atomic mass is 16.4. The Kier molecular flexibility index (Phi) is 4.66. The van der Waals surface area contributed by atoms with E-state index in [0.29, 0.717) is 0 Å². The van der Waals surface area contributed by atoms with Crippen LogP contribution in [-0.4, -0.2) is 42.0 Å². The molecule has 1 amide bonds. The zero-order valence-corrected chi connectivity index (χ0v) is 9.67. The molecule has 5 nitrogen and oxygen atoms in total. The quantitative estimate of drug-likeness (QED) is 0.742. The molecule has 0 aliphatic heterocycles. The molecule has 5 heteroatoms. The molecule has 0 aromatic heterocycles. The molecule has 0 saturated heterocycles. The zero-order valence-electron chi connectivity index (χ0n) is 9.67. The van der Waals surface area contributed by atoms with E-state index in [4.69, 9.17) is 10.8 Å². The van der Waals surface area contributed by atoms with E-state index in [0.717, 1.165) is 5.56 Å². The number of nitrogens with zero attached hydrogens (tertiary/aromatic N) is 1. The van der Waals surface area contributed by atoms with Gasteiger partial charge in [0.25, 0.3) is 0 Å². The van der Waals surface area contributed by atoms with Crippen molar-refractivity contribution < 1.29 is 14.7 Å². The van der Waals surface area contributed by atoms with Crippen LogP contribution in [0.1, 0.15) is 11.5 Å². The van der Waals surface area contributed by atoms with E-state index in [-0.39, 0.29) is 13.1 Å². The lowest BCUT2D eigenvalue weighted by atomic mass is 9.99. The van der Waals surface area contributed by atoms with Crippen molar-refractivity contribution >= 4 is 11.9 Å². The van der Waals surface area contributed by atoms with Gasteiger partial charge in [-0.25, -0.2) is 0 Å². The van der Waals surface area contributed by atoms with Crippen LogP contribution in [0.5, 0.6) is 0 Å². The summed E-state index contributed by atoms with van der Waals surface area (Å²) in [5.41, 5.74) is 5.77. The number of carbonyl (C=O) groups is 2. The van der Waals surface area contributed by atoms with E-state index in [1.807, 2.05) is 6.07 Å². The van der Waals surface area contributed by atoms with Crippen molar-refractivity contribution in [3.63, 3.8) is 0 Å². The molecule has 0 fully saturated rings. The number of hydrogen-bond donors (Lipinski definition) is 2. The molecule has 1 aromatic rings. The van der Waals surface area contributed by atoms with Crippen LogP contribution in [-0.2, 0) is 9.59 Å². The topological polar surface area (TPSA) is 83.6 Å². The molecule has 0 spiro atoms. The fraction of sp³-hybridized carbons (Fsp3) is 0.333. The monoisotopic (exact) mass is 236 g/mol. The molecular formula is C12H16N2O3. The Morgan fingerprint density at radius 2 is 1.94 bits per heavy atom. The van der Waals surface area contributed by atoms with Crippen LogP contribution < -0.4 is 5.73 Å². The maximum atomic E-state index is 11.2. The lowest BCUT2D eigenvalue weighted by Crippen LogP contribution is -2.35.